The molecule has 0 saturated heterocycles. The summed E-state index contributed by atoms with van der Waals surface area (Å²) in [5.74, 6) is 1.81. The minimum atomic E-state index is 0.124. The van der Waals surface area contributed by atoms with Crippen LogP contribution in [-0.4, -0.2) is 21.8 Å². The van der Waals surface area contributed by atoms with Crippen LogP contribution in [0.3, 0.4) is 0 Å². The second-order valence-electron chi connectivity index (χ2n) is 4.95. The molecule has 1 aromatic heterocycles. The predicted molar refractivity (Wildman–Crippen MR) is 70.6 cm³/mol. The zero-order chi connectivity index (χ0) is 12.2. The summed E-state index contributed by atoms with van der Waals surface area (Å²) >= 11 is 1.75. The normalized spacial score (nSPS) is 11.8. The molecule has 16 heavy (non-hydrogen) atoms. The first kappa shape index (κ1) is 13.5. The van der Waals surface area contributed by atoms with Gasteiger partial charge in [0, 0.05) is 17.8 Å². The van der Waals surface area contributed by atoms with E-state index in [2.05, 4.69) is 42.3 Å². The van der Waals surface area contributed by atoms with Crippen molar-refractivity contribution >= 4 is 11.8 Å². The number of aryl methyl sites for hydroxylation is 1. The van der Waals surface area contributed by atoms with Crippen LogP contribution >= 0.6 is 11.8 Å². The molecule has 90 valence electrons. The van der Waals surface area contributed by atoms with E-state index in [0.717, 1.165) is 29.5 Å². The SMILES string of the molecule is CSCc1nc(C)cc(CNC(C)(C)C)n1. The monoisotopic (exact) mass is 239 g/mol. The Bertz CT molecular complexity index is 345. The standard InChI is InChI=1S/C12H21N3S/c1-9-6-10(7-13-12(2,3)4)15-11(14-9)8-16-5/h6,13H,7-8H2,1-5H3. The second kappa shape index (κ2) is 5.64. The Hall–Kier alpha value is -0.610. The van der Waals surface area contributed by atoms with Crippen LogP contribution in [0.2, 0.25) is 0 Å². The van der Waals surface area contributed by atoms with Crippen molar-refractivity contribution in [2.75, 3.05) is 6.26 Å². The first-order chi connectivity index (χ1) is 7.40. The Kier molecular flexibility index (Phi) is 4.74. The van der Waals surface area contributed by atoms with Gasteiger partial charge in [-0.1, -0.05) is 0 Å². The maximum Gasteiger partial charge on any atom is 0.138 e. The summed E-state index contributed by atoms with van der Waals surface area (Å²) in [6, 6.07) is 2.04. The highest BCUT2D eigenvalue weighted by Gasteiger charge is 2.09. The minimum Gasteiger partial charge on any atom is -0.306 e. The number of thioether (sulfide) groups is 1. The molecule has 0 spiro atoms. The van der Waals surface area contributed by atoms with Gasteiger partial charge < -0.3 is 5.32 Å². The number of rotatable bonds is 4. The zero-order valence-electron chi connectivity index (χ0n) is 10.8. The third-order valence-electron chi connectivity index (χ3n) is 2.03. The van der Waals surface area contributed by atoms with E-state index in [1.807, 2.05) is 13.0 Å². The van der Waals surface area contributed by atoms with Crippen LogP contribution in [-0.2, 0) is 12.3 Å². The molecule has 0 fully saturated rings. The molecule has 1 heterocycles. The van der Waals surface area contributed by atoms with E-state index in [9.17, 15) is 0 Å². The molecule has 0 unspecified atom stereocenters. The van der Waals surface area contributed by atoms with Crippen molar-refractivity contribution in [3.8, 4) is 0 Å². The van der Waals surface area contributed by atoms with Crippen LogP contribution in [0, 0.1) is 6.92 Å². The fraction of sp³-hybridized carbons (Fsp3) is 0.667. The van der Waals surface area contributed by atoms with Crippen LogP contribution in [0.1, 0.15) is 38.0 Å². The van der Waals surface area contributed by atoms with Gasteiger partial charge >= 0.3 is 0 Å². The summed E-state index contributed by atoms with van der Waals surface area (Å²) in [5, 5.41) is 3.44. The summed E-state index contributed by atoms with van der Waals surface area (Å²) in [6.45, 7) is 9.29. The minimum absolute atomic E-state index is 0.124. The molecule has 0 bridgehead atoms. The van der Waals surface area contributed by atoms with Crippen molar-refractivity contribution in [1.29, 1.82) is 0 Å². The highest BCUT2D eigenvalue weighted by Crippen LogP contribution is 2.08. The summed E-state index contributed by atoms with van der Waals surface area (Å²) in [4.78, 5) is 8.94. The average molecular weight is 239 g/mol. The van der Waals surface area contributed by atoms with E-state index < -0.39 is 0 Å². The van der Waals surface area contributed by atoms with Crippen molar-refractivity contribution in [3.63, 3.8) is 0 Å². The van der Waals surface area contributed by atoms with E-state index in [1.54, 1.807) is 11.8 Å². The molecule has 0 radical (unpaired) electrons. The van der Waals surface area contributed by atoms with Crippen LogP contribution in [0.25, 0.3) is 0 Å². The number of hydrogen-bond donors (Lipinski definition) is 1. The van der Waals surface area contributed by atoms with Gasteiger partial charge in [-0.05, 0) is 40.0 Å². The molecule has 4 heteroatoms. The van der Waals surface area contributed by atoms with Crippen molar-refractivity contribution < 1.29 is 0 Å². The van der Waals surface area contributed by atoms with Gasteiger partial charge in [-0.2, -0.15) is 11.8 Å². The summed E-state index contributed by atoms with van der Waals surface area (Å²) in [7, 11) is 0. The lowest BCUT2D eigenvalue weighted by Gasteiger charge is -2.20. The largest absolute Gasteiger partial charge is 0.306 e. The number of aromatic nitrogens is 2. The van der Waals surface area contributed by atoms with Gasteiger partial charge in [-0.25, -0.2) is 9.97 Å². The molecular weight excluding hydrogens is 218 g/mol. The second-order valence-corrected chi connectivity index (χ2v) is 5.82. The lowest BCUT2D eigenvalue weighted by Crippen LogP contribution is -2.35. The number of nitrogens with zero attached hydrogens (tertiary/aromatic N) is 2. The van der Waals surface area contributed by atoms with Crippen LogP contribution < -0.4 is 5.32 Å². The van der Waals surface area contributed by atoms with Crippen LogP contribution in [0.4, 0.5) is 0 Å². The van der Waals surface area contributed by atoms with E-state index in [1.165, 1.54) is 0 Å². The molecule has 0 amide bonds. The first-order valence-corrected chi connectivity index (χ1v) is 6.87. The van der Waals surface area contributed by atoms with Crippen molar-refractivity contribution in [1.82, 2.24) is 15.3 Å². The topological polar surface area (TPSA) is 37.8 Å². The van der Waals surface area contributed by atoms with Gasteiger partial charge in [-0.15, -0.1) is 0 Å². The molecule has 1 N–H and O–H groups in total. The lowest BCUT2D eigenvalue weighted by molar-refractivity contribution is 0.420. The maximum absolute atomic E-state index is 4.53. The fourth-order valence-corrected chi connectivity index (χ4v) is 1.73. The number of hydrogen-bond acceptors (Lipinski definition) is 4. The summed E-state index contributed by atoms with van der Waals surface area (Å²) in [6.07, 6.45) is 2.07. The molecule has 1 rings (SSSR count). The van der Waals surface area contributed by atoms with E-state index in [0.29, 0.717) is 0 Å². The molecule has 0 saturated carbocycles. The van der Waals surface area contributed by atoms with Crippen molar-refractivity contribution in [2.24, 2.45) is 0 Å². The Balaban J connectivity index is 2.72. The predicted octanol–water partition coefficient (Wildman–Crippen LogP) is 2.54. The van der Waals surface area contributed by atoms with Gasteiger partial charge in [0.25, 0.3) is 0 Å². The van der Waals surface area contributed by atoms with Gasteiger partial charge in [0.1, 0.15) is 5.82 Å². The Morgan fingerprint density at radius 1 is 1.31 bits per heavy atom. The van der Waals surface area contributed by atoms with Gasteiger partial charge in [0.05, 0.1) is 11.4 Å². The Morgan fingerprint density at radius 3 is 2.56 bits per heavy atom. The summed E-state index contributed by atoms with van der Waals surface area (Å²) in [5.41, 5.74) is 2.25. The molecule has 0 aliphatic rings. The van der Waals surface area contributed by atoms with Gasteiger partial charge in [0.15, 0.2) is 0 Å². The average Bonchev–Trinajstić information content (AvgIpc) is 2.13. The highest BCUT2D eigenvalue weighted by atomic mass is 32.2. The van der Waals surface area contributed by atoms with E-state index >= 15 is 0 Å². The molecular formula is C12H21N3S. The molecule has 0 atom stereocenters. The first-order valence-electron chi connectivity index (χ1n) is 5.48. The van der Waals surface area contributed by atoms with E-state index in [4.69, 9.17) is 0 Å². The molecule has 0 aliphatic carbocycles. The Morgan fingerprint density at radius 2 is 2.00 bits per heavy atom. The van der Waals surface area contributed by atoms with Crippen molar-refractivity contribution in [2.45, 2.75) is 45.5 Å². The maximum atomic E-state index is 4.53. The third kappa shape index (κ3) is 4.94. The summed E-state index contributed by atoms with van der Waals surface area (Å²) < 4.78 is 0. The lowest BCUT2D eigenvalue weighted by atomic mass is 10.1. The zero-order valence-corrected chi connectivity index (χ0v) is 11.6. The molecule has 0 aromatic carbocycles. The van der Waals surface area contributed by atoms with E-state index in [-0.39, 0.29) is 5.54 Å². The molecule has 3 nitrogen and oxygen atoms in total. The Labute approximate surface area is 102 Å². The highest BCUT2D eigenvalue weighted by molar-refractivity contribution is 7.97. The molecule has 1 aromatic rings. The fourth-order valence-electron chi connectivity index (χ4n) is 1.34. The van der Waals surface area contributed by atoms with Gasteiger partial charge in [-0.3, -0.25) is 0 Å². The van der Waals surface area contributed by atoms with Crippen molar-refractivity contribution in [3.05, 3.63) is 23.3 Å². The molecule has 0 aliphatic heterocycles. The smallest absolute Gasteiger partial charge is 0.138 e. The van der Waals surface area contributed by atoms with Crippen LogP contribution in [0.15, 0.2) is 6.07 Å². The van der Waals surface area contributed by atoms with Crippen LogP contribution in [0.5, 0.6) is 0 Å². The number of nitrogens with one attached hydrogen (secondary N) is 1. The quantitative estimate of drug-likeness (QED) is 0.876. The van der Waals surface area contributed by atoms with Gasteiger partial charge in [0.2, 0.25) is 0 Å². The third-order valence-corrected chi connectivity index (χ3v) is 2.57.